The maximum atomic E-state index is 12.4. The van der Waals surface area contributed by atoms with Gasteiger partial charge in [-0.2, -0.15) is 0 Å². The zero-order chi connectivity index (χ0) is 16.0. The number of benzene rings is 1. The van der Waals surface area contributed by atoms with Crippen molar-refractivity contribution in [3.05, 3.63) is 16.6 Å². The zero-order valence-electron chi connectivity index (χ0n) is 13.0. The topological polar surface area (TPSA) is 76.7 Å². The van der Waals surface area contributed by atoms with Crippen molar-refractivity contribution >= 4 is 38.4 Å². The van der Waals surface area contributed by atoms with E-state index in [-0.39, 0.29) is 23.3 Å². The Kier molecular flexibility index (Phi) is 9.33. The van der Waals surface area contributed by atoms with Gasteiger partial charge >= 0.3 is 0 Å². The van der Waals surface area contributed by atoms with Crippen LogP contribution in [-0.2, 0) is 10.0 Å². The first-order valence-electron chi connectivity index (χ1n) is 6.50. The predicted molar refractivity (Wildman–Crippen MR) is 92.8 cm³/mol. The fraction of sp³-hybridized carbons (Fsp3) is 0.538. The van der Waals surface area contributed by atoms with E-state index in [1.807, 2.05) is 13.8 Å². The van der Waals surface area contributed by atoms with Crippen molar-refractivity contribution in [1.29, 1.82) is 0 Å². The highest BCUT2D eigenvalue weighted by Crippen LogP contribution is 2.35. The van der Waals surface area contributed by atoms with Crippen LogP contribution in [0.15, 0.2) is 21.5 Å². The molecule has 1 rings (SSSR count). The smallest absolute Gasteiger partial charge is 0.241 e. The Labute approximate surface area is 146 Å². The summed E-state index contributed by atoms with van der Waals surface area (Å²) < 4.78 is 38.0. The van der Waals surface area contributed by atoms with Crippen LogP contribution in [-0.4, -0.2) is 41.8 Å². The van der Waals surface area contributed by atoms with Crippen LogP contribution in [0.3, 0.4) is 0 Å². The van der Waals surface area contributed by atoms with E-state index in [1.165, 1.54) is 20.3 Å². The fourth-order valence-electron chi connectivity index (χ4n) is 1.77. The van der Waals surface area contributed by atoms with Crippen molar-refractivity contribution in [3.63, 3.8) is 0 Å². The van der Waals surface area contributed by atoms with Gasteiger partial charge in [-0.3, -0.25) is 0 Å². The fourth-order valence-corrected chi connectivity index (χ4v) is 3.94. The quantitative estimate of drug-likeness (QED) is 0.678. The molecule has 0 spiro atoms. The predicted octanol–water partition coefficient (Wildman–Crippen LogP) is 2.16. The van der Waals surface area contributed by atoms with Gasteiger partial charge in [0.15, 0.2) is 11.5 Å². The molecule has 0 saturated carbocycles. The first kappa shape index (κ1) is 21.5. The van der Waals surface area contributed by atoms with Crippen molar-refractivity contribution in [2.24, 2.45) is 0 Å². The number of hydrogen-bond donors (Lipinski definition) is 2. The van der Waals surface area contributed by atoms with Crippen LogP contribution in [0.4, 0.5) is 0 Å². The van der Waals surface area contributed by atoms with Crippen LogP contribution >= 0.6 is 28.3 Å². The summed E-state index contributed by atoms with van der Waals surface area (Å²) in [6, 6.07) is 3.05. The van der Waals surface area contributed by atoms with Crippen LogP contribution in [0.5, 0.6) is 11.5 Å². The Balaban J connectivity index is 0.00000441. The minimum absolute atomic E-state index is 0. The molecule has 0 heterocycles. The van der Waals surface area contributed by atoms with E-state index in [0.717, 1.165) is 6.54 Å². The van der Waals surface area contributed by atoms with Crippen molar-refractivity contribution in [1.82, 2.24) is 10.0 Å². The van der Waals surface area contributed by atoms with E-state index in [9.17, 15) is 8.42 Å². The molecular formula is C13H22BrClN2O4S. The summed E-state index contributed by atoms with van der Waals surface area (Å²) in [6.45, 7) is 4.96. The van der Waals surface area contributed by atoms with Gasteiger partial charge in [0, 0.05) is 23.1 Å². The molecule has 1 atom stereocenters. The van der Waals surface area contributed by atoms with Crippen molar-refractivity contribution < 1.29 is 17.9 Å². The Morgan fingerprint density at radius 3 is 2.27 bits per heavy atom. The van der Waals surface area contributed by atoms with Crippen LogP contribution in [0.2, 0.25) is 0 Å². The lowest BCUT2D eigenvalue weighted by Gasteiger charge is -2.15. The average molecular weight is 418 g/mol. The van der Waals surface area contributed by atoms with Gasteiger partial charge in [0.05, 0.1) is 14.2 Å². The molecule has 0 amide bonds. The SMILES string of the molecule is CCN[C@H](C)CNS(=O)(=O)c1cc(OC)c(OC)cc1Br.Cl. The molecule has 128 valence electrons. The largest absolute Gasteiger partial charge is 0.493 e. The lowest BCUT2D eigenvalue weighted by Crippen LogP contribution is -2.38. The molecule has 0 aliphatic heterocycles. The standard InChI is InChI=1S/C13H21BrN2O4S.ClH/c1-5-15-9(2)8-16-21(17,18)13-7-12(20-4)11(19-3)6-10(13)14;/h6-7,9,15-16H,5,8H2,1-4H3;1H/t9-;/m1./s1. The Morgan fingerprint density at radius 1 is 1.23 bits per heavy atom. The summed E-state index contributed by atoms with van der Waals surface area (Å²) in [6.07, 6.45) is 0. The van der Waals surface area contributed by atoms with Crippen LogP contribution in [0, 0.1) is 0 Å². The monoisotopic (exact) mass is 416 g/mol. The number of ether oxygens (including phenoxy) is 2. The van der Waals surface area contributed by atoms with Crippen LogP contribution < -0.4 is 19.5 Å². The third-order valence-corrected chi connectivity index (χ3v) is 5.24. The van der Waals surface area contributed by atoms with E-state index in [4.69, 9.17) is 9.47 Å². The molecule has 0 fully saturated rings. The molecule has 2 N–H and O–H groups in total. The zero-order valence-corrected chi connectivity index (χ0v) is 16.2. The van der Waals surface area contributed by atoms with Gasteiger partial charge in [0.1, 0.15) is 4.90 Å². The second-order valence-electron chi connectivity index (χ2n) is 4.45. The van der Waals surface area contributed by atoms with E-state index in [2.05, 4.69) is 26.0 Å². The number of likely N-dealkylation sites (N-methyl/N-ethyl adjacent to an activating group) is 1. The van der Waals surface area contributed by atoms with E-state index >= 15 is 0 Å². The number of halogens is 2. The van der Waals surface area contributed by atoms with E-state index in [0.29, 0.717) is 22.5 Å². The molecule has 22 heavy (non-hydrogen) atoms. The summed E-state index contributed by atoms with van der Waals surface area (Å²) in [4.78, 5) is 0.115. The van der Waals surface area contributed by atoms with Crippen molar-refractivity contribution in [2.75, 3.05) is 27.3 Å². The maximum absolute atomic E-state index is 12.4. The van der Waals surface area contributed by atoms with Crippen LogP contribution in [0.25, 0.3) is 0 Å². The maximum Gasteiger partial charge on any atom is 0.241 e. The minimum Gasteiger partial charge on any atom is -0.493 e. The van der Waals surface area contributed by atoms with Crippen molar-refractivity contribution in [3.8, 4) is 11.5 Å². The molecule has 0 aromatic heterocycles. The summed E-state index contributed by atoms with van der Waals surface area (Å²) in [5, 5.41) is 3.14. The molecule has 0 bridgehead atoms. The third-order valence-electron chi connectivity index (χ3n) is 2.86. The summed E-state index contributed by atoms with van der Waals surface area (Å²) in [5.41, 5.74) is 0. The molecule has 9 heteroatoms. The second-order valence-corrected chi connectivity index (χ2v) is 7.04. The molecule has 0 saturated heterocycles. The molecule has 1 aromatic carbocycles. The van der Waals surface area contributed by atoms with E-state index < -0.39 is 10.0 Å². The lowest BCUT2D eigenvalue weighted by atomic mass is 10.3. The lowest BCUT2D eigenvalue weighted by molar-refractivity contribution is 0.353. The molecule has 6 nitrogen and oxygen atoms in total. The van der Waals surface area contributed by atoms with Gasteiger partial charge in [-0.25, -0.2) is 13.1 Å². The highest BCUT2D eigenvalue weighted by atomic mass is 79.9. The summed E-state index contributed by atoms with van der Waals surface area (Å²) >= 11 is 3.25. The van der Waals surface area contributed by atoms with Gasteiger partial charge in [0.25, 0.3) is 0 Å². The summed E-state index contributed by atoms with van der Waals surface area (Å²) in [7, 11) is -0.678. The normalized spacial score (nSPS) is 12.4. The molecule has 1 aromatic rings. The van der Waals surface area contributed by atoms with Crippen LogP contribution in [0.1, 0.15) is 13.8 Å². The number of nitrogens with one attached hydrogen (secondary N) is 2. The second kappa shape index (κ2) is 9.57. The first-order chi connectivity index (χ1) is 9.85. The minimum atomic E-state index is -3.63. The highest BCUT2D eigenvalue weighted by Gasteiger charge is 2.21. The number of hydrogen-bond acceptors (Lipinski definition) is 5. The van der Waals surface area contributed by atoms with Gasteiger partial charge < -0.3 is 14.8 Å². The molecule has 0 aliphatic rings. The summed E-state index contributed by atoms with van der Waals surface area (Å²) in [5.74, 6) is 0.824. The molecule has 0 radical (unpaired) electrons. The number of rotatable bonds is 8. The van der Waals surface area contributed by atoms with Crippen molar-refractivity contribution in [2.45, 2.75) is 24.8 Å². The van der Waals surface area contributed by atoms with Gasteiger partial charge in [0.2, 0.25) is 10.0 Å². The number of methoxy groups -OCH3 is 2. The first-order valence-corrected chi connectivity index (χ1v) is 8.77. The Morgan fingerprint density at radius 2 is 1.77 bits per heavy atom. The van der Waals surface area contributed by atoms with Gasteiger partial charge in [-0.05, 0) is 35.5 Å². The molecular weight excluding hydrogens is 396 g/mol. The molecule has 0 aliphatic carbocycles. The van der Waals surface area contributed by atoms with Gasteiger partial charge in [-0.1, -0.05) is 6.92 Å². The van der Waals surface area contributed by atoms with E-state index in [1.54, 1.807) is 6.07 Å². The average Bonchev–Trinajstić information content (AvgIpc) is 2.45. The third kappa shape index (κ3) is 5.58. The highest BCUT2D eigenvalue weighted by molar-refractivity contribution is 9.10. The Bertz CT molecular complexity index is 584. The van der Waals surface area contributed by atoms with Gasteiger partial charge in [-0.15, -0.1) is 12.4 Å². The Hall–Kier alpha value is -0.540. The number of sulfonamides is 1. The molecule has 0 unspecified atom stereocenters.